The minimum atomic E-state index is -0.626. The first-order valence-electron chi connectivity index (χ1n) is 8.83. The third-order valence-electron chi connectivity index (χ3n) is 4.25. The second-order valence-corrected chi connectivity index (χ2v) is 6.31. The molecule has 1 aliphatic heterocycles. The maximum absolute atomic E-state index is 14.2. The van der Waals surface area contributed by atoms with Gasteiger partial charge in [0.15, 0.2) is 0 Å². The zero-order chi connectivity index (χ0) is 18.5. The molecule has 1 heterocycles. The number of carbonyl (C=O) groups is 1. The summed E-state index contributed by atoms with van der Waals surface area (Å²) in [7, 11) is 0. The Morgan fingerprint density at radius 3 is 2.88 bits per heavy atom. The fourth-order valence-corrected chi connectivity index (χ4v) is 3.17. The van der Waals surface area contributed by atoms with Crippen LogP contribution in [0.3, 0.4) is 0 Å². The number of carbonyl (C=O) groups excluding carboxylic acids is 1. The Kier molecular flexibility index (Phi) is 5.71. The molecule has 0 aromatic heterocycles. The molecule has 0 aliphatic carbocycles. The van der Waals surface area contributed by atoms with E-state index in [-0.39, 0.29) is 12.5 Å². The molecule has 3 rings (SSSR count). The molecule has 0 bridgehead atoms. The summed E-state index contributed by atoms with van der Waals surface area (Å²) in [5, 5.41) is 2.83. The Hall–Kier alpha value is -2.63. The van der Waals surface area contributed by atoms with Gasteiger partial charge in [-0.1, -0.05) is 19.1 Å². The molecule has 0 saturated carbocycles. The average Bonchev–Trinajstić information content (AvgIpc) is 2.60. The lowest BCUT2D eigenvalue weighted by Crippen LogP contribution is -2.37. The molecule has 0 radical (unpaired) electrons. The molecule has 0 atom stereocenters. The number of fused-ring (bicyclic) bond motifs is 1. The van der Waals surface area contributed by atoms with Gasteiger partial charge in [-0.05, 0) is 43.0 Å². The van der Waals surface area contributed by atoms with Crippen LogP contribution in [0.15, 0.2) is 36.4 Å². The van der Waals surface area contributed by atoms with Crippen LogP contribution in [-0.2, 0) is 11.2 Å². The largest absolute Gasteiger partial charge is 0.491 e. The van der Waals surface area contributed by atoms with E-state index in [0.717, 1.165) is 18.9 Å². The van der Waals surface area contributed by atoms with E-state index in [1.165, 1.54) is 6.07 Å². The Morgan fingerprint density at radius 1 is 1.27 bits per heavy atom. The second-order valence-electron chi connectivity index (χ2n) is 6.31. The molecular weight excluding hydrogens is 338 g/mol. The van der Waals surface area contributed by atoms with Crippen LogP contribution in [0.2, 0.25) is 0 Å². The minimum absolute atomic E-state index is 0.00232. The van der Waals surface area contributed by atoms with E-state index >= 15 is 0 Å². The fraction of sp³-hybridized carbons (Fsp3) is 0.350. The summed E-state index contributed by atoms with van der Waals surface area (Å²) in [6.07, 6.45) is 2.22. The monoisotopic (exact) mass is 360 g/mol. The number of aryl methyl sites for hydroxylation is 1. The van der Waals surface area contributed by atoms with E-state index in [0.29, 0.717) is 42.3 Å². The van der Waals surface area contributed by atoms with Gasteiger partial charge in [0.2, 0.25) is 5.91 Å². The highest BCUT2D eigenvalue weighted by atomic mass is 19.1. The van der Waals surface area contributed by atoms with Crippen LogP contribution >= 0.6 is 0 Å². The summed E-state index contributed by atoms with van der Waals surface area (Å²) in [4.78, 5) is 14.2. The van der Waals surface area contributed by atoms with Crippen molar-refractivity contribution in [1.82, 2.24) is 0 Å². The summed E-state index contributed by atoms with van der Waals surface area (Å²) >= 11 is 0. The lowest BCUT2D eigenvalue weighted by molar-refractivity contribution is -0.115. The van der Waals surface area contributed by atoms with E-state index in [9.17, 15) is 13.6 Å². The highest BCUT2D eigenvalue weighted by Gasteiger charge is 2.24. The summed E-state index contributed by atoms with van der Waals surface area (Å²) < 4.78 is 33.3. The number of halogens is 2. The Morgan fingerprint density at radius 2 is 2.08 bits per heavy atom. The lowest BCUT2D eigenvalue weighted by Gasteiger charge is -2.31. The molecule has 6 heteroatoms. The Bertz CT molecular complexity index is 795. The van der Waals surface area contributed by atoms with Crippen LogP contribution in [0, 0.1) is 11.6 Å². The number of rotatable bonds is 6. The summed E-state index contributed by atoms with van der Waals surface area (Å²) in [6, 6.07) is 9.42. The zero-order valence-corrected chi connectivity index (χ0v) is 14.7. The molecule has 26 heavy (non-hydrogen) atoms. The molecule has 2 aromatic rings. The van der Waals surface area contributed by atoms with Crippen molar-refractivity contribution in [3.8, 4) is 5.75 Å². The highest BCUT2D eigenvalue weighted by Crippen LogP contribution is 2.31. The van der Waals surface area contributed by atoms with Gasteiger partial charge >= 0.3 is 0 Å². The van der Waals surface area contributed by atoms with Crippen molar-refractivity contribution in [3.05, 3.63) is 53.6 Å². The smallest absolute Gasteiger partial charge is 0.243 e. The molecule has 4 nitrogen and oxygen atoms in total. The molecule has 0 saturated heterocycles. The van der Waals surface area contributed by atoms with Crippen molar-refractivity contribution in [3.63, 3.8) is 0 Å². The first-order valence-corrected chi connectivity index (χ1v) is 8.83. The van der Waals surface area contributed by atoms with Gasteiger partial charge < -0.3 is 15.0 Å². The van der Waals surface area contributed by atoms with Crippen LogP contribution in [0.1, 0.15) is 25.3 Å². The number of anilines is 2. The predicted molar refractivity (Wildman–Crippen MR) is 97.7 cm³/mol. The summed E-state index contributed by atoms with van der Waals surface area (Å²) in [6.45, 7) is 3.12. The quantitative estimate of drug-likeness (QED) is 0.842. The van der Waals surface area contributed by atoms with Crippen molar-refractivity contribution in [2.24, 2.45) is 0 Å². The summed E-state index contributed by atoms with van der Waals surface area (Å²) in [5.41, 5.74) is 1.51. The van der Waals surface area contributed by atoms with Crippen molar-refractivity contribution >= 4 is 17.3 Å². The topological polar surface area (TPSA) is 41.6 Å². The Balaban J connectivity index is 1.73. The molecule has 138 valence electrons. The maximum Gasteiger partial charge on any atom is 0.243 e. The van der Waals surface area contributed by atoms with Crippen LogP contribution in [0.25, 0.3) is 0 Å². The first kappa shape index (κ1) is 18.2. The number of hydrogen-bond donors (Lipinski definition) is 1. The van der Waals surface area contributed by atoms with Crippen molar-refractivity contribution in [2.45, 2.75) is 26.2 Å². The number of hydrogen-bond acceptors (Lipinski definition) is 3. The van der Waals surface area contributed by atoms with Crippen molar-refractivity contribution in [2.75, 3.05) is 29.9 Å². The zero-order valence-electron chi connectivity index (χ0n) is 14.7. The first-order chi connectivity index (χ1) is 12.6. The third kappa shape index (κ3) is 4.12. The van der Waals surface area contributed by atoms with Gasteiger partial charge in [-0.2, -0.15) is 0 Å². The maximum atomic E-state index is 14.2. The average molecular weight is 360 g/mol. The molecule has 0 unspecified atom stereocenters. The van der Waals surface area contributed by atoms with Gasteiger partial charge in [0.1, 0.15) is 17.4 Å². The molecule has 1 amide bonds. The van der Waals surface area contributed by atoms with Crippen LogP contribution in [-0.4, -0.2) is 25.6 Å². The van der Waals surface area contributed by atoms with Crippen molar-refractivity contribution in [1.29, 1.82) is 0 Å². The van der Waals surface area contributed by atoms with Crippen LogP contribution < -0.4 is 15.0 Å². The van der Waals surface area contributed by atoms with Crippen LogP contribution in [0.5, 0.6) is 5.75 Å². The number of ether oxygens (including phenoxy) is 1. The van der Waals surface area contributed by atoms with Gasteiger partial charge in [-0.15, -0.1) is 0 Å². The van der Waals surface area contributed by atoms with Crippen LogP contribution in [0.4, 0.5) is 20.2 Å². The number of para-hydroxylation sites is 2. The van der Waals surface area contributed by atoms with E-state index in [2.05, 4.69) is 5.32 Å². The normalized spacial score (nSPS) is 13.3. The second kappa shape index (κ2) is 8.17. The van der Waals surface area contributed by atoms with E-state index in [1.807, 2.05) is 19.1 Å². The van der Waals surface area contributed by atoms with Gasteiger partial charge in [0.25, 0.3) is 0 Å². The predicted octanol–water partition coefficient (Wildman–Crippen LogP) is 4.14. The van der Waals surface area contributed by atoms with E-state index in [4.69, 9.17) is 4.74 Å². The van der Waals surface area contributed by atoms with Gasteiger partial charge in [-0.25, -0.2) is 8.78 Å². The van der Waals surface area contributed by atoms with E-state index < -0.39 is 11.6 Å². The van der Waals surface area contributed by atoms with Gasteiger partial charge in [0.05, 0.1) is 24.5 Å². The molecule has 0 spiro atoms. The highest BCUT2D eigenvalue weighted by molar-refractivity contribution is 5.95. The molecule has 1 aliphatic rings. The molecule has 0 fully saturated rings. The lowest BCUT2D eigenvalue weighted by atomic mass is 10.0. The SMILES string of the molecule is CCCOc1ccccc1NC(=O)CN1CCCc2cc(F)cc(F)c21. The molecular formula is C20H22F2N2O2. The number of amides is 1. The number of benzene rings is 2. The fourth-order valence-electron chi connectivity index (χ4n) is 3.17. The van der Waals surface area contributed by atoms with Gasteiger partial charge in [0, 0.05) is 12.6 Å². The Labute approximate surface area is 151 Å². The minimum Gasteiger partial charge on any atom is -0.491 e. The molecule has 1 N–H and O–H groups in total. The van der Waals surface area contributed by atoms with Gasteiger partial charge in [-0.3, -0.25) is 4.79 Å². The molecule has 2 aromatic carbocycles. The standard InChI is InChI=1S/C20H22F2N2O2/c1-2-10-26-18-8-4-3-7-17(18)23-19(25)13-24-9-5-6-14-11-15(21)12-16(22)20(14)24/h3-4,7-8,11-12H,2,5-6,9-10,13H2,1H3,(H,23,25). The van der Waals surface area contributed by atoms with E-state index in [1.54, 1.807) is 17.0 Å². The van der Waals surface area contributed by atoms with Crippen molar-refractivity contribution < 1.29 is 18.3 Å². The number of nitrogens with zero attached hydrogens (tertiary/aromatic N) is 1. The number of nitrogens with one attached hydrogen (secondary N) is 1. The third-order valence-corrected chi connectivity index (χ3v) is 4.25. The summed E-state index contributed by atoms with van der Waals surface area (Å²) in [5.74, 6) is -0.877.